The number of hydrogen-bond donors (Lipinski definition) is 1. The molecule has 2 rings (SSSR count). The Labute approximate surface area is 71.6 Å². The van der Waals surface area contributed by atoms with Crippen molar-refractivity contribution in [2.24, 2.45) is 16.6 Å². The molecule has 0 bridgehead atoms. The minimum atomic E-state index is 0.628. The summed E-state index contributed by atoms with van der Waals surface area (Å²) in [6, 6.07) is 0.628. The smallest absolute Gasteiger partial charge is 0.0628 e. The molecule has 1 heterocycles. The number of rotatable bonds is 1. The summed E-state index contributed by atoms with van der Waals surface area (Å²) in [4.78, 5) is 4.42. The van der Waals surface area contributed by atoms with Crippen LogP contribution in [-0.4, -0.2) is 23.4 Å². The van der Waals surface area contributed by atoms with E-state index in [2.05, 4.69) is 4.99 Å². The van der Waals surface area contributed by atoms with Crippen molar-refractivity contribution in [2.75, 3.05) is 6.54 Å². The van der Waals surface area contributed by atoms with Crippen LogP contribution in [0.1, 0.15) is 19.3 Å². The van der Waals surface area contributed by atoms with Crippen molar-refractivity contribution in [3.05, 3.63) is 0 Å². The van der Waals surface area contributed by atoms with Crippen LogP contribution in [0.15, 0.2) is 4.99 Å². The van der Waals surface area contributed by atoms with E-state index in [1.165, 1.54) is 19.3 Å². The van der Waals surface area contributed by atoms with Crippen LogP contribution in [0.25, 0.3) is 0 Å². The average molecular weight is 170 g/mol. The summed E-state index contributed by atoms with van der Waals surface area (Å²) in [5.41, 5.74) is 7.66. The van der Waals surface area contributed by atoms with Gasteiger partial charge in [-0.15, -0.1) is 11.8 Å². The standard InChI is InChI=1S/C8H14N2S/c9-4-6-1-2-7-8(3-6)11-5-10-7/h5-8H,1-4,9H2. The predicted octanol–water partition coefficient (Wildman–Crippen LogP) is 1.26. The first-order valence-corrected chi connectivity index (χ1v) is 5.21. The molecule has 2 N–H and O–H groups in total. The Bertz CT molecular complexity index is 169. The molecule has 0 saturated heterocycles. The lowest BCUT2D eigenvalue weighted by atomic mass is 9.86. The van der Waals surface area contributed by atoms with E-state index in [9.17, 15) is 0 Å². The zero-order valence-electron chi connectivity index (χ0n) is 6.57. The summed E-state index contributed by atoms with van der Waals surface area (Å²) in [5, 5.41) is 0.761. The number of thioether (sulfide) groups is 1. The molecule has 0 aromatic rings. The molecule has 0 spiro atoms. The van der Waals surface area contributed by atoms with Crippen LogP contribution in [0.2, 0.25) is 0 Å². The maximum Gasteiger partial charge on any atom is 0.0628 e. The fourth-order valence-corrected chi connectivity index (χ4v) is 3.07. The van der Waals surface area contributed by atoms with Gasteiger partial charge >= 0.3 is 0 Å². The highest BCUT2D eigenvalue weighted by Gasteiger charge is 2.31. The van der Waals surface area contributed by atoms with E-state index in [-0.39, 0.29) is 0 Å². The molecule has 0 aromatic carbocycles. The Morgan fingerprint density at radius 1 is 1.55 bits per heavy atom. The summed E-state index contributed by atoms with van der Waals surface area (Å²) in [6.45, 7) is 0.865. The third-order valence-corrected chi connectivity index (χ3v) is 3.79. The molecule has 3 atom stereocenters. The number of aliphatic imine (C=N–C) groups is 1. The summed E-state index contributed by atoms with van der Waals surface area (Å²) >= 11 is 1.90. The Morgan fingerprint density at radius 2 is 2.45 bits per heavy atom. The second-order valence-corrected chi connectivity index (χ2v) is 4.50. The highest BCUT2D eigenvalue weighted by Crippen LogP contribution is 2.36. The zero-order chi connectivity index (χ0) is 7.68. The Balaban J connectivity index is 1.94. The topological polar surface area (TPSA) is 38.4 Å². The van der Waals surface area contributed by atoms with E-state index in [4.69, 9.17) is 5.73 Å². The van der Waals surface area contributed by atoms with E-state index in [0.29, 0.717) is 6.04 Å². The molecule has 3 heteroatoms. The fourth-order valence-electron chi connectivity index (χ4n) is 1.92. The summed E-state index contributed by atoms with van der Waals surface area (Å²) < 4.78 is 0. The van der Waals surface area contributed by atoms with E-state index in [0.717, 1.165) is 17.7 Å². The van der Waals surface area contributed by atoms with Gasteiger partial charge in [0.1, 0.15) is 0 Å². The van der Waals surface area contributed by atoms with Gasteiger partial charge in [0, 0.05) is 5.25 Å². The first-order chi connectivity index (χ1) is 5.40. The predicted molar refractivity (Wildman–Crippen MR) is 50.1 cm³/mol. The van der Waals surface area contributed by atoms with Gasteiger partial charge in [0.25, 0.3) is 0 Å². The van der Waals surface area contributed by atoms with Crippen LogP contribution in [0, 0.1) is 5.92 Å². The first kappa shape index (κ1) is 7.62. The Morgan fingerprint density at radius 3 is 3.27 bits per heavy atom. The van der Waals surface area contributed by atoms with E-state index in [1.54, 1.807) is 0 Å². The van der Waals surface area contributed by atoms with Gasteiger partial charge in [-0.3, -0.25) is 4.99 Å². The molecule has 0 radical (unpaired) electrons. The van der Waals surface area contributed by atoms with Gasteiger partial charge in [-0.2, -0.15) is 0 Å². The van der Waals surface area contributed by atoms with Gasteiger partial charge in [0.15, 0.2) is 0 Å². The zero-order valence-corrected chi connectivity index (χ0v) is 7.39. The number of hydrogen-bond acceptors (Lipinski definition) is 3. The second kappa shape index (κ2) is 3.15. The minimum Gasteiger partial charge on any atom is -0.330 e. The normalized spacial score (nSPS) is 42.5. The molecule has 1 aliphatic carbocycles. The number of nitrogens with zero attached hydrogens (tertiary/aromatic N) is 1. The SMILES string of the molecule is NCC1CCC2N=CSC2C1. The lowest BCUT2D eigenvalue weighted by Gasteiger charge is -2.28. The molecule has 0 amide bonds. The second-order valence-electron chi connectivity index (χ2n) is 3.41. The molecule has 62 valence electrons. The summed E-state index contributed by atoms with van der Waals surface area (Å²) in [7, 11) is 0. The lowest BCUT2D eigenvalue weighted by Crippen LogP contribution is -2.31. The average Bonchev–Trinajstić information content (AvgIpc) is 2.50. The monoisotopic (exact) mass is 170 g/mol. The molecule has 1 aliphatic heterocycles. The Hall–Kier alpha value is -0.0200. The van der Waals surface area contributed by atoms with Gasteiger partial charge in [-0.1, -0.05) is 0 Å². The highest BCUT2D eigenvalue weighted by molar-refractivity contribution is 8.12. The van der Waals surface area contributed by atoms with Gasteiger partial charge in [-0.05, 0) is 31.7 Å². The summed E-state index contributed by atoms with van der Waals surface area (Å²) in [5.74, 6) is 0.769. The van der Waals surface area contributed by atoms with E-state index < -0.39 is 0 Å². The first-order valence-electron chi connectivity index (χ1n) is 4.27. The van der Waals surface area contributed by atoms with Crippen molar-refractivity contribution in [3.8, 4) is 0 Å². The minimum absolute atomic E-state index is 0.628. The maximum atomic E-state index is 5.64. The third kappa shape index (κ3) is 1.44. The molecule has 2 aliphatic rings. The van der Waals surface area contributed by atoms with Crippen LogP contribution in [0.3, 0.4) is 0 Å². The van der Waals surface area contributed by atoms with Crippen molar-refractivity contribution in [1.82, 2.24) is 0 Å². The highest BCUT2D eigenvalue weighted by atomic mass is 32.2. The van der Waals surface area contributed by atoms with Crippen LogP contribution >= 0.6 is 11.8 Å². The van der Waals surface area contributed by atoms with Crippen molar-refractivity contribution < 1.29 is 0 Å². The van der Waals surface area contributed by atoms with Crippen LogP contribution in [0.4, 0.5) is 0 Å². The van der Waals surface area contributed by atoms with Crippen LogP contribution in [-0.2, 0) is 0 Å². The molecular weight excluding hydrogens is 156 g/mol. The van der Waals surface area contributed by atoms with Crippen molar-refractivity contribution in [2.45, 2.75) is 30.6 Å². The van der Waals surface area contributed by atoms with Crippen LogP contribution < -0.4 is 5.73 Å². The molecule has 11 heavy (non-hydrogen) atoms. The molecule has 2 nitrogen and oxygen atoms in total. The van der Waals surface area contributed by atoms with Crippen molar-refractivity contribution in [3.63, 3.8) is 0 Å². The summed E-state index contributed by atoms with van der Waals surface area (Å²) in [6.07, 6.45) is 3.83. The molecular formula is C8H14N2S. The van der Waals surface area contributed by atoms with Gasteiger partial charge in [-0.25, -0.2) is 0 Å². The maximum absolute atomic E-state index is 5.64. The largest absolute Gasteiger partial charge is 0.330 e. The van der Waals surface area contributed by atoms with Crippen LogP contribution in [0.5, 0.6) is 0 Å². The van der Waals surface area contributed by atoms with Crippen molar-refractivity contribution in [1.29, 1.82) is 0 Å². The fraction of sp³-hybridized carbons (Fsp3) is 0.875. The number of fused-ring (bicyclic) bond motifs is 1. The van der Waals surface area contributed by atoms with Gasteiger partial charge in [0.05, 0.1) is 11.6 Å². The molecule has 3 unspecified atom stereocenters. The van der Waals surface area contributed by atoms with Gasteiger partial charge < -0.3 is 5.73 Å². The number of nitrogens with two attached hydrogens (primary N) is 1. The molecule has 1 saturated carbocycles. The Kier molecular flexibility index (Phi) is 2.18. The lowest BCUT2D eigenvalue weighted by molar-refractivity contribution is 0.347. The quantitative estimate of drug-likeness (QED) is 0.643. The van der Waals surface area contributed by atoms with E-state index in [1.807, 2.05) is 17.3 Å². The van der Waals surface area contributed by atoms with Crippen molar-refractivity contribution >= 4 is 17.3 Å². The van der Waals surface area contributed by atoms with Gasteiger partial charge in [0.2, 0.25) is 0 Å². The van der Waals surface area contributed by atoms with E-state index >= 15 is 0 Å². The third-order valence-electron chi connectivity index (χ3n) is 2.69. The molecule has 1 fully saturated rings. The molecule has 0 aromatic heterocycles.